The minimum atomic E-state index is -3.69. The minimum Gasteiger partial charge on any atom is -0.316 e. The Morgan fingerprint density at radius 2 is 2.10 bits per heavy atom. The van der Waals surface area contributed by atoms with Crippen molar-refractivity contribution in [2.24, 2.45) is 0 Å². The van der Waals surface area contributed by atoms with Crippen LogP contribution in [0.5, 0.6) is 0 Å². The molecule has 1 aliphatic rings. The highest BCUT2D eigenvalue weighted by atomic mass is 32.2. The second-order valence-electron chi connectivity index (χ2n) is 5.39. The van der Waals surface area contributed by atoms with Crippen molar-refractivity contribution in [2.75, 3.05) is 27.2 Å². The number of hydrogen-bond donors (Lipinski definition) is 2. The summed E-state index contributed by atoms with van der Waals surface area (Å²) >= 11 is 0. The van der Waals surface area contributed by atoms with Gasteiger partial charge in [-0.1, -0.05) is 6.07 Å². The van der Waals surface area contributed by atoms with Gasteiger partial charge in [0.15, 0.2) is 0 Å². The highest BCUT2D eigenvalue weighted by molar-refractivity contribution is 7.89. The third kappa shape index (κ3) is 4.47. The van der Waals surface area contributed by atoms with Crippen LogP contribution in [0.15, 0.2) is 23.1 Å². The number of nitrogens with zero attached hydrogens (tertiary/aromatic N) is 1. The molecule has 1 aromatic rings. The number of rotatable bonds is 8. The molecule has 1 aromatic carbocycles. The molecule has 0 atom stereocenters. The van der Waals surface area contributed by atoms with E-state index in [-0.39, 0.29) is 4.90 Å². The van der Waals surface area contributed by atoms with Gasteiger partial charge in [-0.25, -0.2) is 17.5 Å². The van der Waals surface area contributed by atoms with Crippen LogP contribution in [0, 0.1) is 5.82 Å². The van der Waals surface area contributed by atoms with E-state index in [4.69, 9.17) is 0 Å². The first-order valence-corrected chi connectivity index (χ1v) is 8.55. The van der Waals surface area contributed by atoms with Crippen molar-refractivity contribution in [1.82, 2.24) is 14.9 Å². The molecule has 2 N–H and O–H groups in total. The van der Waals surface area contributed by atoms with Gasteiger partial charge in [0.2, 0.25) is 10.0 Å². The maximum atomic E-state index is 13.4. The zero-order chi connectivity index (χ0) is 15.5. The average molecular weight is 315 g/mol. The lowest BCUT2D eigenvalue weighted by atomic mass is 10.2. The first-order chi connectivity index (χ1) is 9.94. The zero-order valence-corrected chi connectivity index (χ0v) is 13.2. The third-order valence-electron chi connectivity index (χ3n) is 3.61. The second-order valence-corrected chi connectivity index (χ2v) is 7.13. The van der Waals surface area contributed by atoms with E-state index in [1.54, 1.807) is 7.05 Å². The van der Waals surface area contributed by atoms with Gasteiger partial charge in [0.25, 0.3) is 0 Å². The fourth-order valence-electron chi connectivity index (χ4n) is 2.25. The van der Waals surface area contributed by atoms with Crippen molar-refractivity contribution in [2.45, 2.75) is 30.3 Å². The van der Waals surface area contributed by atoms with Crippen LogP contribution in [-0.4, -0.2) is 46.5 Å². The Hall–Kier alpha value is -1.02. The average Bonchev–Trinajstić information content (AvgIpc) is 3.25. The van der Waals surface area contributed by atoms with Gasteiger partial charge in [-0.15, -0.1) is 0 Å². The van der Waals surface area contributed by atoms with Crippen molar-refractivity contribution in [1.29, 1.82) is 0 Å². The van der Waals surface area contributed by atoms with Gasteiger partial charge in [0, 0.05) is 25.7 Å². The van der Waals surface area contributed by atoms with Crippen LogP contribution >= 0.6 is 0 Å². The molecule has 1 aliphatic carbocycles. The fourth-order valence-corrected chi connectivity index (χ4v) is 3.52. The summed E-state index contributed by atoms with van der Waals surface area (Å²) in [5.41, 5.74) is 0.557. The SMILES string of the molecule is CNCc1ccc(F)cc1S(=O)(=O)NCCN(C)C1CC1. The smallest absolute Gasteiger partial charge is 0.241 e. The lowest BCUT2D eigenvalue weighted by molar-refractivity contribution is 0.329. The number of sulfonamides is 1. The summed E-state index contributed by atoms with van der Waals surface area (Å²) in [6.07, 6.45) is 2.36. The zero-order valence-electron chi connectivity index (χ0n) is 12.4. The molecule has 1 saturated carbocycles. The number of nitrogens with one attached hydrogen (secondary N) is 2. The predicted octanol–water partition coefficient (Wildman–Crippen LogP) is 0.918. The van der Waals surface area contributed by atoms with E-state index in [1.165, 1.54) is 25.0 Å². The van der Waals surface area contributed by atoms with E-state index in [2.05, 4.69) is 14.9 Å². The molecule has 0 spiro atoms. The summed E-state index contributed by atoms with van der Waals surface area (Å²) in [6, 6.07) is 4.42. The topological polar surface area (TPSA) is 61.4 Å². The van der Waals surface area contributed by atoms with Gasteiger partial charge in [-0.2, -0.15) is 0 Å². The third-order valence-corrected chi connectivity index (χ3v) is 5.16. The van der Waals surface area contributed by atoms with Crippen LogP contribution in [0.3, 0.4) is 0 Å². The van der Waals surface area contributed by atoms with Crippen LogP contribution in [0.4, 0.5) is 4.39 Å². The number of likely N-dealkylation sites (N-methyl/N-ethyl adjacent to an activating group) is 1. The van der Waals surface area contributed by atoms with Gasteiger partial charge < -0.3 is 10.2 Å². The molecule has 0 amide bonds. The number of hydrogen-bond acceptors (Lipinski definition) is 4. The first kappa shape index (κ1) is 16.4. The van der Waals surface area contributed by atoms with Gasteiger partial charge in [0.1, 0.15) is 5.82 Å². The standard InChI is InChI=1S/C14H22FN3O2S/c1-16-10-11-3-4-12(15)9-14(11)21(19,20)17-7-8-18(2)13-5-6-13/h3-4,9,13,16-17H,5-8,10H2,1-2H3. The van der Waals surface area contributed by atoms with Gasteiger partial charge in [-0.05, 0) is 44.6 Å². The predicted molar refractivity (Wildman–Crippen MR) is 80.0 cm³/mol. The highest BCUT2D eigenvalue weighted by Gasteiger charge is 2.26. The van der Waals surface area contributed by atoms with E-state index in [9.17, 15) is 12.8 Å². The summed E-state index contributed by atoms with van der Waals surface area (Å²) < 4.78 is 40.6. The lowest BCUT2D eigenvalue weighted by Gasteiger charge is -2.16. The lowest BCUT2D eigenvalue weighted by Crippen LogP contribution is -2.34. The summed E-state index contributed by atoms with van der Waals surface area (Å²) in [5.74, 6) is -0.551. The fraction of sp³-hybridized carbons (Fsp3) is 0.571. The number of halogens is 1. The summed E-state index contributed by atoms with van der Waals surface area (Å²) in [4.78, 5) is 2.15. The molecule has 0 radical (unpaired) electrons. The van der Waals surface area contributed by atoms with Crippen molar-refractivity contribution in [3.05, 3.63) is 29.6 Å². The van der Waals surface area contributed by atoms with E-state index in [0.29, 0.717) is 31.2 Å². The molecule has 5 nitrogen and oxygen atoms in total. The maximum Gasteiger partial charge on any atom is 0.241 e. The molecule has 0 unspecified atom stereocenters. The molecule has 118 valence electrons. The molecule has 21 heavy (non-hydrogen) atoms. The molecule has 0 aromatic heterocycles. The molecule has 2 rings (SSSR count). The largest absolute Gasteiger partial charge is 0.316 e. The van der Waals surface area contributed by atoms with Crippen LogP contribution < -0.4 is 10.0 Å². The maximum absolute atomic E-state index is 13.4. The Morgan fingerprint density at radius 3 is 2.71 bits per heavy atom. The molecule has 0 heterocycles. The van der Waals surface area contributed by atoms with Gasteiger partial charge in [-0.3, -0.25) is 0 Å². The van der Waals surface area contributed by atoms with Crippen LogP contribution in [0.2, 0.25) is 0 Å². The van der Waals surface area contributed by atoms with Crippen LogP contribution in [-0.2, 0) is 16.6 Å². The first-order valence-electron chi connectivity index (χ1n) is 7.07. The molecule has 1 fully saturated rings. The molecule has 0 aliphatic heterocycles. The molecule has 7 heteroatoms. The van der Waals surface area contributed by atoms with E-state index in [1.807, 2.05) is 7.05 Å². The number of benzene rings is 1. The Bertz CT molecular complexity index is 588. The highest BCUT2D eigenvalue weighted by Crippen LogP contribution is 2.24. The Morgan fingerprint density at radius 1 is 1.38 bits per heavy atom. The van der Waals surface area contributed by atoms with E-state index < -0.39 is 15.8 Å². The molecular weight excluding hydrogens is 293 g/mol. The van der Waals surface area contributed by atoms with Crippen molar-refractivity contribution < 1.29 is 12.8 Å². The Balaban J connectivity index is 2.05. The quantitative estimate of drug-likeness (QED) is 0.749. The van der Waals surface area contributed by atoms with Crippen molar-refractivity contribution in [3.63, 3.8) is 0 Å². The van der Waals surface area contributed by atoms with E-state index >= 15 is 0 Å². The summed E-state index contributed by atoms with van der Waals surface area (Å²) in [5, 5.41) is 2.89. The summed E-state index contributed by atoms with van der Waals surface area (Å²) in [6.45, 7) is 1.35. The molecular formula is C14H22FN3O2S. The normalized spacial score (nSPS) is 15.6. The summed E-state index contributed by atoms with van der Waals surface area (Å²) in [7, 11) is 0.0135. The van der Waals surface area contributed by atoms with Crippen molar-refractivity contribution >= 4 is 10.0 Å². The molecule has 0 bridgehead atoms. The minimum absolute atomic E-state index is 0.00549. The Labute approximate surface area is 125 Å². The van der Waals surface area contributed by atoms with Crippen LogP contribution in [0.25, 0.3) is 0 Å². The molecule has 0 saturated heterocycles. The second kappa shape index (κ2) is 6.83. The van der Waals surface area contributed by atoms with E-state index in [0.717, 1.165) is 6.07 Å². The Kier molecular flexibility index (Phi) is 5.32. The monoisotopic (exact) mass is 315 g/mol. The van der Waals surface area contributed by atoms with Gasteiger partial charge >= 0.3 is 0 Å². The van der Waals surface area contributed by atoms with Crippen LogP contribution in [0.1, 0.15) is 18.4 Å². The van der Waals surface area contributed by atoms with Gasteiger partial charge in [0.05, 0.1) is 4.90 Å². The van der Waals surface area contributed by atoms with Crippen molar-refractivity contribution in [3.8, 4) is 0 Å².